The molecule has 0 radical (unpaired) electrons. The number of nitrogen functional groups attached to an aromatic ring is 1. The Labute approximate surface area is 226 Å². The van der Waals surface area contributed by atoms with Gasteiger partial charge in [0.1, 0.15) is 24.4 Å². The molecule has 3 heterocycles. The maximum Gasteiger partial charge on any atom is 0.284 e. The number of carbonyl (C=O) groups excluding carboxylic acids is 3. The van der Waals surface area contributed by atoms with Gasteiger partial charge in [0.25, 0.3) is 11.8 Å². The number of nitrogens with one attached hydrogen (secondary N) is 1. The summed E-state index contributed by atoms with van der Waals surface area (Å²) in [6.07, 6.45) is 2.85. The number of methoxy groups -OCH3 is 1. The van der Waals surface area contributed by atoms with Gasteiger partial charge in [-0.05, 0) is 17.5 Å². The van der Waals surface area contributed by atoms with Crippen LogP contribution < -0.4 is 15.2 Å². The van der Waals surface area contributed by atoms with Gasteiger partial charge >= 0.3 is 0 Å². The summed E-state index contributed by atoms with van der Waals surface area (Å²) in [6, 6.07) is 8.48. The molecule has 39 heavy (non-hydrogen) atoms. The first-order valence-electron chi connectivity index (χ1n) is 12.6. The Bertz CT molecular complexity index is 1380. The highest BCUT2D eigenvalue weighted by Crippen LogP contribution is 2.42. The van der Waals surface area contributed by atoms with Crippen molar-refractivity contribution in [3.8, 4) is 11.6 Å². The quantitative estimate of drug-likeness (QED) is 0.344. The highest BCUT2D eigenvalue weighted by Gasteiger charge is 2.42. The lowest BCUT2D eigenvalue weighted by Gasteiger charge is -2.37. The number of ether oxygens (including phenoxy) is 2. The number of nitrogens with two attached hydrogens (primary N) is 1. The van der Waals surface area contributed by atoms with Crippen molar-refractivity contribution in [3.63, 3.8) is 0 Å². The molecule has 4 rings (SSSR count). The van der Waals surface area contributed by atoms with Crippen molar-refractivity contribution in [2.75, 3.05) is 13.7 Å². The molecule has 3 N–H and O–H groups in total. The molecule has 11 heteroatoms. The molecule has 2 unspecified atom stereocenters. The molecular formula is C28H33N5O6. The van der Waals surface area contributed by atoms with Gasteiger partial charge in [0, 0.05) is 29.9 Å². The minimum absolute atomic E-state index is 0.0448. The molecule has 0 saturated carbocycles. The van der Waals surface area contributed by atoms with Crippen molar-refractivity contribution in [2.24, 2.45) is 17.1 Å². The molecule has 1 saturated heterocycles. The van der Waals surface area contributed by atoms with E-state index >= 15 is 0 Å². The molecule has 206 valence electrons. The largest absolute Gasteiger partial charge is 0.490 e. The van der Waals surface area contributed by atoms with Crippen molar-refractivity contribution in [2.45, 2.75) is 46.6 Å². The number of rotatable bonds is 7. The molecule has 2 aromatic heterocycles. The van der Waals surface area contributed by atoms with E-state index in [2.05, 4.69) is 5.10 Å². The van der Waals surface area contributed by atoms with Crippen LogP contribution in [0.25, 0.3) is 0 Å². The zero-order chi connectivity index (χ0) is 28.5. The lowest BCUT2D eigenvalue weighted by molar-refractivity contribution is -0.153. The number of nitrogens with zero attached hydrogens (tertiary/aromatic N) is 3. The van der Waals surface area contributed by atoms with E-state index in [0.29, 0.717) is 11.3 Å². The van der Waals surface area contributed by atoms with Crippen LogP contribution in [-0.2, 0) is 16.2 Å². The summed E-state index contributed by atoms with van der Waals surface area (Å²) in [7, 11) is 1.46. The molecule has 0 aliphatic carbocycles. The van der Waals surface area contributed by atoms with Crippen molar-refractivity contribution >= 4 is 23.6 Å². The number of imide groups is 1. The number of amidine groups is 1. The fraction of sp³-hybridized carbons (Fsp3) is 0.393. The molecule has 2 atom stereocenters. The minimum atomic E-state index is -0.742. The molecule has 0 spiro atoms. The Morgan fingerprint density at radius 2 is 1.87 bits per heavy atom. The standard InChI is InChI=1S/C28H33N5O6/c1-16-12-21(34)32(27(36)28(2,3)4)13-20(16)22-23(37-5)26(33(31-22)25(35)19-10-11-38-15-19)39-14-17-6-8-18(9-7-17)24(29)30/h6-11,15-16,20H,12-14H2,1-5H3,(H3,29,30). The fourth-order valence-electron chi connectivity index (χ4n) is 4.51. The van der Waals surface area contributed by atoms with Gasteiger partial charge in [-0.2, -0.15) is 9.78 Å². The van der Waals surface area contributed by atoms with Crippen LogP contribution >= 0.6 is 0 Å². The molecule has 1 aliphatic heterocycles. The molecule has 1 fully saturated rings. The summed E-state index contributed by atoms with van der Waals surface area (Å²) >= 11 is 0. The van der Waals surface area contributed by atoms with Crippen molar-refractivity contribution < 1.29 is 28.3 Å². The van der Waals surface area contributed by atoms with Gasteiger partial charge in [0.15, 0.2) is 0 Å². The predicted molar refractivity (Wildman–Crippen MR) is 142 cm³/mol. The van der Waals surface area contributed by atoms with Crippen LogP contribution in [0.1, 0.15) is 67.2 Å². The van der Waals surface area contributed by atoms with Crippen LogP contribution in [0.5, 0.6) is 11.6 Å². The van der Waals surface area contributed by atoms with Crippen molar-refractivity contribution in [1.29, 1.82) is 5.41 Å². The third kappa shape index (κ3) is 5.57. The van der Waals surface area contributed by atoms with Gasteiger partial charge in [-0.25, -0.2) is 0 Å². The smallest absolute Gasteiger partial charge is 0.284 e. The van der Waals surface area contributed by atoms with E-state index in [1.165, 1.54) is 30.6 Å². The number of hydrogen-bond donors (Lipinski definition) is 2. The monoisotopic (exact) mass is 535 g/mol. The van der Waals surface area contributed by atoms with Crippen LogP contribution in [0.15, 0.2) is 47.3 Å². The van der Waals surface area contributed by atoms with E-state index in [9.17, 15) is 14.4 Å². The molecule has 2 amide bonds. The number of furan rings is 1. The lowest BCUT2D eigenvalue weighted by Crippen LogP contribution is -2.50. The summed E-state index contributed by atoms with van der Waals surface area (Å²) in [5.74, 6) is -1.27. The van der Waals surface area contributed by atoms with Gasteiger partial charge < -0.3 is 19.6 Å². The fourth-order valence-corrected chi connectivity index (χ4v) is 4.51. The molecule has 1 aliphatic rings. The van der Waals surface area contributed by atoms with E-state index in [1.807, 2.05) is 6.92 Å². The van der Waals surface area contributed by atoms with Gasteiger partial charge in [0.05, 0.1) is 18.9 Å². The van der Waals surface area contributed by atoms with E-state index in [-0.39, 0.29) is 66.3 Å². The molecule has 11 nitrogen and oxygen atoms in total. The van der Waals surface area contributed by atoms with Gasteiger partial charge in [-0.1, -0.05) is 52.0 Å². The van der Waals surface area contributed by atoms with Gasteiger partial charge in [-0.15, -0.1) is 0 Å². The number of hydrogen-bond acceptors (Lipinski definition) is 8. The van der Waals surface area contributed by atoms with E-state index in [1.54, 1.807) is 45.0 Å². The van der Waals surface area contributed by atoms with E-state index in [4.69, 9.17) is 25.0 Å². The first-order chi connectivity index (χ1) is 18.4. The number of carbonyl (C=O) groups is 3. The maximum absolute atomic E-state index is 13.4. The zero-order valence-corrected chi connectivity index (χ0v) is 22.7. The summed E-state index contributed by atoms with van der Waals surface area (Å²) in [6.45, 7) is 7.40. The second-order valence-electron chi connectivity index (χ2n) is 10.7. The number of piperidine rings is 1. The average Bonchev–Trinajstić information content (AvgIpc) is 3.55. The molecule has 0 bridgehead atoms. The lowest BCUT2D eigenvalue weighted by atomic mass is 9.82. The Hall–Kier alpha value is -4.41. The minimum Gasteiger partial charge on any atom is -0.490 e. The Balaban J connectivity index is 1.73. The Kier molecular flexibility index (Phi) is 7.62. The Morgan fingerprint density at radius 3 is 2.44 bits per heavy atom. The molecule has 3 aromatic rings. The third-order valence-electron chi connectivity index (χ3n) is 6.73. The van der Waals surface area contributed by atoms with Crippen LogP contribution in [0.2, 0.25) is 0 Å². The number of amides is 2. The second-order valence-corrected chi connectivity index (χ2v) is 10.7. The Morgan fingerprint density at radius 1 is 1.18 bits per heavy atom. The van der Waals surface area contributed by atoms with E-state index in [0.717, 1.165) is 10.2 Å². The molecule has 1 aromatic carbocycles. The highest BCUT2D eigenvalue weighted by atomic mass is 16.5. The zero-order valence-electron chi connectivity index (χ0n) is 22.7. The molecular weight excluding hydrogens is 502 g/mol. The highest BCUT2D eigenvalue weighted by molar-refractivity contribution is 5.99. The van der Waals surface area contributed by atoms with Gasteiger partial charge in [0.2, 0.25) is 17.6 Å². The first-order valence-corrected chi connectivity index (χ1v) is 12.6. The van der Waals surface area contributed by atoms with Crippen LogP contribution in [0.3, 0.4) is 0 Å². The second kappa shape index (κ2) is 10.8. The first kappa shape index (κ1) is 27.6. The number of aromatic nitrogens is 2. The van der Waals surface area contributed by atoms with Crippen LogP contribution in [0, 0.1) is 16.7 Å². The maximum atomic E-state index is 13.4. The van der Waals surface area contributed by atoms with Crippen molar-refractivity contribution in [1.82, 2.24) is 14.7 Å². The van der Waals surface area contributed by atoms with Crippen molar-refractivity contribution in [3.05, 3.63) is 65.2 Å². The normalized spacial score (nSPS) is 17.7. The number of likely N-dealkylation sites (tertiary alicyclic amines) is 1. The third-order valence-corrected chi connectivity index (χ3v) is 6.73. The summed E-state index contributed by atoms with van der Waals surface area (Å²) in [4.78, 5) is 40.6. The summed E-state index contributed by atoms with van der Waals surface area (Å²) in [5.41, 5.74) is 6.83. The van der Waals surface area contributed by atoms with Crippen LogP contribution in [-0.4, -0.2) is 51.9 Å². The topological polar surface area (TPSA) is 154 Å². The van der Waals surface area contributed by atoms with E-state index < -0.39 is 11.3 Å². The SMILES string of the molecule is COc1c(C2CN(C(=O)C(C)(C)C)C(=O)CC2C)nn(C(=O)c2ccoc2)c1OCc1ccc(C(=N)N)cc1. The summed E-state index contributed by atoms with van der Waals surface area (Å²) in [5, 5.41) is 12.2. The van der Waals surface area contributed by atoms with Crippen LogP contribution in [0.4, 0.5) is 0 Å². The summed E-state index contributed by atoms with van der Waals surface area (Å²) < 4.78 is 18.1. The number of benzene rings is 1. The van der Waals surface area contributed by atoms with Gasteiger partial charge in [-0.3, -0.25) is 24.7 Å². The predicted octanol–water partition coefficient (Wildman–Crippen LogP) is 3.56. The average molecular weight is 536 g/mol.